The van der Waals surface area contributed by atoms with Gasteiger partial charge in [-0.3, -0.25) is 0 Å². The molecule has 0 aliphatic carbocycles. The second kappa shape index (κ2) is 6.58. The van der Waals surface area contributed by atoms with Crippen molar-refractivity contribution in [1.29, 1.82) is 0 Å². The van der Waals surface area contributed by atoms with Crippen LogP contribution in [-0.4, -0.2) is 22.8 Å². The van der Waals surface area contributed by atoms with Crippen molar-refractivity contribution in [3.05, 3.63) is 0 Å². The van der Waals surface area contributed by atoms with Gasteiger partial charge < -0.3 is 14.9 Å². The van der Waals surface area contributed by atoms with Gasteiger partial charge in [-0.05, 0) is 12.8 Å². The van der Waals surface area contributed by atoms with E-state index in [0.717, 1.165) is 12.8 Å². The van der Waals surface area contributed by atoms with Crippen molar-refractivity contribution < 1.29 is 14.9 Å². The summed E-state index contributed by atoms with van der Waals surface area (Å²) < 4.78 is 4.84. The van der Waals surface area contributed by atoms with Gasteiger partial charge in [0, 0.05) is 0 Å². The number of ether oxygens (including phenoxy) is 1. The van der Waals surface area contributed by atoms with E-state index in [9.17, 15) is 0 Å². The Morgan fingerprint density at radius 1 is 1.00 bits per heavy atom. The van der Waals surface area contributed by atoms with Crippen LogP contribution in [0, 0.1) is 0 Å². The molecule has 0 aromatic heterocycles. The van der Waals surface area contributed by atoms with Crippen LogP contribution in [0.1, 0.15) is 39.5 Å². The average Bonchev–Trinajstić information content (AvgIpc) is 1.87. The first-order valence-electron chi connectivity index (χ1n) is 4.22. The molecule has 0 saturated heterocycles. The highest BCUT2D eigenvalue weighted by Gasteiger charge is 2.08. The topological polar surface area (TPSA) is 49.7 Å². The summed E-state index contributed by atoms with van der Waals surface area (Å²) in [5.41, 5.74) is 0. The fourth-order valence-corrected chi connectivity index (χ4v) is 0.811. The van der Waals surface area contributed by atoms with Gasteiger partial charge in [0.05, 0.1) is 0 Å². The van der Waals surface area contributed by atoms with Crippen LogP contribution in [0.4, 0.5) is 0 Å². The molecule has 0 aliphatic rings. The quantitative estimate of drug-likeness (QED) is 0.578. The van der Waals surface area contributed by atoms with E-state index in [-0.39, 0.29) is 0 Å². The van der Waals surface area contributed by atoms with Crippen LogP contribution >= 0.6 is 0 Å². The molecule has 11 heavy (non-hydrogen) atoms. The smallest absolute Gasteiger partial charge is 0.157 e. The lowest BCUT2D eigenvalue weighted by Crippen LogP contribution is -2.21. The fourth-order valence-electron chi connectivity index (χ4n) is 0.811. The maximum Gasteiger partial charge on any atom is 0.157 e. The molecule has 0 aliphatic heterocycles. The molecule has 0 aromatic rings. The van der Waals surface area contributed by atoms with E-state index in [1.165, 1.54) is 0 Å². The molecule has 0 saturated carbocycles. The van der Waals surface area contributed by atoms with Gasteiger partial charge in [-0.25, -0.2) is 0 Å². The normalized spacial score (nSPS) is 16.4. The molecule has 0 heterocycles. The molecule has 2 N–H and O–H groups in total. The van der Waals surface area contributed by atoms with E-state index in [0.29, 0.717) is 12.8 Å². The standard InChI is InChI=1S/C8H18O3/c1-3-5-7(9)11-8(10)6-4-2/h7-10H,3-6H2,1-2H3/t7-,8+. The summed E-state index contributed by atoms with van der Waals surface area (Å²) in [5, 5.41) is 18.1. The second-order valence-corrected chi connectivity index (χ2v) is 2.62. The molecule has 0 spiro atoms. The van der Waals surface area contributed by atoms with E-state index in [1.807, 2.05) is 13.8 Å². The van der Waals surface area contributed by atoms with E-state index in [2.05, 4.69) is 0 Å². The summed E-state index contributed by atoms with van der Waals surface area (Å²) in [4.78, 5) is 0. The molecule has 0 unspecified atom stereocenters. The minimum absolute atomic E-state index is 0.584. The van der Waals surface area contributed by atoms with Crippen LogP contribution in [0.25, 0.3) is 0 Å². The number of aliphatic hydroxyl groups is 2. The molecule has 2 atom stereocenters. The van der Waals surface area contributed by atoms with Crippen molar-refractivity contribution in [2.45, 2.75) is 52.1 Å². The molecular formula is C8H18O3. The lowest BCUT2D eigenvalue weighted by Gasteiger charge is -2.15. The number of hydrogen-bond acceptors (Lipinski definition) is 3. The van der Waals surface area contributed by atoms with Gasteiger partial charge in [0.15, 0.2) is 12.6 Å². The highest BCUT2D eigenvalue weighted by atomic mass is 16.7. The Morgan fingerprint density at radius 3 is 1.64 bits per heavy atom. The minimum Gasteiger partial charge on any atom is -0.368 e. The number of hydrogen-bond donors (Lipinski definition) is 2. The Morgan fingerprint density at radius 2 is 1.36 bits per heavy atom. The Hall–Kier alpha value is -0.120. The fraction of sp³-hybridized carbons (Fsp3) is 1.00. The second-order valence-electron chi connectivity index (χ2n) is 2.62. The highest BCUT2D eigenvalue weighted by Crippen LogP contribution is 2.04. The first kappa shape index (κ1) is 10.9. The van der Waals surface area contributed by atoms with Gasteiger partial charge in [0.1, 0.15) is 0 Å². The summed E-state index contributed by atoms with van der Waals surface area (Å²) in [7, 11) is 0. The zero-order valence-electron chi connectivity index (χ0n) is 7.29. The molecule has 3 heteroatoms. The van der Waals surface area contributed by atoms with Crippen LogP contribution < -0.4 is 0 Å². The van der Waals surface area contributed by atoms with Crippen LogP contribution in [-0.2, 0) is 4.74 Å². The van der Waals surface area contributed by atoms with E-state index >= 15 is 0 Å². The minimum atomic E-state index is -0.804. The Kier molecular flexibility index (Phi) is 6.51. The van der Waals surface area contributed by atoms with Gasteiger partial charge in [0.2, 0.25) is 0 Å². The van der Waals surface area contributed by atoms with Crippen LogP contribution in [0.15, 0.2) is 0 Å². The predicted molar refractivity (Wildman–Crippen MR) is 42.9 cm³/mol. The summed E-state index contributed by atoms with van der Waals surface area (Å²) in [6.45, 7) is 3.91. The van der Waals surface area contributed by atoms with Gasteiger partial charge in [0.25, 0.3) is 0 Å². The van der Waals surface area contributed by atoms with E-state index < -0.39 is 12.6 Å². The van der Waals surface area contributed by atoms with E-state index in [4.69, 9.17) is 14.9 Å². The van der Waals surface area contributed by atoms with Crippen molar-refractivity contribution in [2.75, 3.05) is 0 Å². The zero-order valence-corrected chi connectivity index (χ0v) is 7.29. The van der Waals surface area contributed by atoms with Crippen molar-refractivity contribution in [2.24, 2.45) is 0 Å². The number of rotatable bonds is 6. The summed E-state index contributed by atoms with van der Waals surface area (Å²) in [6, 6.07) is 0. The summed E-state index contributed by atoms with van der Waals surface area (Å²) >= 11 is 0. The molecule has 0 bridgehead atoms. The lowest BCUT2D eigenvalue weighted by atomic mass is 10.3. The van der Waals surface area contributed by atoms with Crippen molar-refractivity contribution >= 4 is 0 Å². The van der Waals surface area contributed by atoms with Crippen molar-refractivity contribution in [3.63, 3.8) is 0 Å². The molecule has 0 radical (unpaired) electrons. The molecule has 3 nitrogen and oxygen atoms in total. The van der Waals surface area contributed by atoms with Gasteiger partial charge in [-0.1, -0.05) is 26.7 Å². The third kappa shape index (κ3) is 6.28. The predicted octanol–water partition coefficient (Wildman–Crippen LogP) is 1.24. The Balaban J connectivity index is 3.32. The Bertz CT molecular complexity index is 75.4. The Labute approximate surface area is 68.0 Å². The molecule has 0 aromatic carbocycles. The molecular weight excluding hydrogens is 144 g/mol. The van der Waals surface area contributed by atoms with Crippen LogP contribution in [0.5, 0.6) is 0 Å². The van der Waals surface area contributed by atoms with Gasteiger partial charge in [-0.2, -0.15) is 0 Å². The van der Waals surface area contributed by atoms with E-state index in [1.54, 1.807) is 0 Å². The van der Waals surface area contributed by atoms with Gasteiger partial charge >= 0.3 is 0 Å². The summed E-state index contributed by atoms with van der Waals surface area (Å²) in [5.74, 6) is 0. The van der Waals surface area contributed by atoms with Gasteiger partial charge in [-0.15, -0.1) is 0 Å². The molecule has 0 rings (SSSR count). The van der Waals surface area contributed by atoms with Crippen molar-refractivity contribution in [1.82, 2.24) is 0 Å². The molecule has 0 amide bonds. The zero-order chi connectivity index (χ0) is 8.69. The monoisotopic (exact) mass is 162 g/mol. The SMILES string of the molecule is CCC[C@@H](O)O[C@@H](O)CCC. The third-order valence-corrected chi connectivity index (χ3v) is 1.39. The lowest BCUT2D eigenvalue weighted by molar-refractivity contribution is -0.211. The molecule has 68 valence electrons. The maximum atomic E-state index is 9.06. The number of aliphatic hydroxyl groups excluding tert-OH is 2. The van der Waals surface area contributed by atoms with Crippen LogP contribution in [0.3, 0.4) is 0 Å². The van der Waals surface area contributed by atoms with Crippen molar-refractivity contribution in [3.8, 4) is 0 Å². The first-order valence-corrected chi connectivity index (χ1v) is 4.22. The maximum absolute atomic E-state index is 9.06. The highest BCUT2D eigenvalue weighted by molar-refractivity contribution is 4.44. The average molecular weight is 162 g/mol. The largest absolute Gasteiger partial charge is 0.368 e. The third-order valence-electron chi connectivity index (χ3n) is 1.39. The summed E-state index contributed by atoms with van der Waals surface area (Å²) in [6.07, 6.45) is 1.28. The van der Waals surface area contributed by atoms with Crippen LogP contribution in [0.2, 0.25) is 0 Å². The molecule has 0 fully saturated rings. The first-order chi connectivity index (χ1) is 5.20.